The van der Waals surface area contributed by atoms with Crippen molar-refractivity contribution in [3.8, 4) is 0 Å². The van der Waals surface area contributed by atoms with Crippen LogP contribution in [0.1, 0.15) is 246 Å². The molecular weight excluding hydrogens is 1150 g/mol. The molecule has 4 saturated heterocycles. The third-order valence-corrected chi connectivity index (χ3v) is 13.4. The number of amides is 6. The Bertz CT molecular complexity index is 2040. The van der Waals surface area contributed by atoms with Crippen molar-refractivity contribution in [3.05, 3.63) is 71.8 Å². The van der Waals surface area contributed by atoms with Crippen LogP contribution in [0.5, 0.6) is 0 Å². The van der Waals surface area contributed by atoms with Crippen LogP contribution in [-0.4, -0.2) is 182 Å². The number of nitrogens with one attached hydrogen (secondary N) is 6. The first kappa shape index (κ1) is 91.5. The summed E-state index contributed by atoms with van der Waals surface area (Å²) in [5.41, 5.74) is 3.09. The summed E-state index contributed by atoms with van der Waals surface area (Å²) in [7, 11) is 0. The van der Waals surface area contributed by atoms with E-state index >= 15 is 0 Å². The molecular formula is C75H144N10O7. The van der Waals surface area contributed by atoms with Gasteiger partial charge in [0.15, 0.2) is 0 Å². The van der Waals surface area contributed by atoms with Gasteiger partial charge in [0, 0.05) is 102 Å². The average Bonchev–Trinajstić information content (AvgIpc) is 1.40. The van der Waals surface area contributed by atoms with Gasteiger partial charge in [-0.3, -0.25) is 29.0 Å². The van der Waals surface area contributed by atoms with Crippen molar-refractivity contribution < 1.29 is 33.8 Å². The number of aliphatic hydroxyl groups excluding tert-OH is 1. The zero-order valence-corrected chi connectivity index (χ0v) is 63.6. The molecule has 4 aliphatic heterocycles. The zero-order chi connectivity index (χ0) is 71.0. The van der Waals surface area contributed by atoms with Crippen LogP contribution in [0.15, 0.2) is 60.7 Å². The molecule has 4 fully saturated rings. The lowest BCUT2D eigenvalue weighted by molar-refractivity contribution is -0.120. The fraction of sp³-hybridized carbons (Fsp3) is 0.773. The zero-order valence-electron chi connectivity index (χ0n) is 63.6. The topological polar surface area (TPSA) is 200 Å². The number of ether oxygens (including phenoxy) is 1. The molecule has 0 bridgehead atoms. The van der Waals surface area contributed by atoms with Crippen LogP contribution < -0.4 is 31.9 Å². The predicted octanol–water partition coefficient (Wildman–Crippen LogP) is 13.4. The Hall–Kier alpha value is -4.65. The number of benzene rings is 2. The third kappa shape index (κ3) is 62.8. The molecule has 2 unspecified atom stereocenters. The Morgan fingerprint density at radius 3 is 1.18 bits per heavy atom. The van der Waals surface area contributed by atoms with Gasteiger partial charge in [-0.2, -0.15) is 0 Å². The molecule has 2 atom stereocenters. The SMILES string of the molecule is CC(=O)NC(C)C.CC(=O)NC(C)C.CC(=O)NC(C)C.CC(C)(C)CN1CCCCC1.CC(C)(C)CN1CCCCC1CO.CC(C)(C)CN1CCOCC1.CC(C)CN1CCCC1.CC(C)NC(=O)NC(C)c1ccccc1.CC(C)NC(=O)c1ccccc1. The second kappa shape index (κ2) is 52.6. The van der Waals surface area contributed by atoms with Crippen molar-refractivity contribution in [2.24, 2.45) is 22.2 Å². The van der Waals surface area contributed by atoms with E-state index in [0.717, 1.165) is 44.3 Å². The number of morpholine rings is 1. The van der Waals surface area contributed by atoms with Crippen LogP contribution >= 0.6 is 0 Å². The van der Waals surface area contributed by atoms with E-state index in [2.05, 4.69) is 128 Å². The number of carbonyl (C=O) groups is 5. The van der Waals surface area contributed by atoms with Gasteiger partial charge in [0.2, 0.25) is 17.7 Å². The van der Waals surface area contributed by atoms with E-state index in [0.29, 0.717) is 34.5 Å². The molecule has 536 valence electrons. The number of rotatable bonds is 14. The quantitative estimate of drug-likeness (QED) is 0.0949. The van der Waals surface area contributed by atoms with Gasteiger partial charge < -0.3 is 51.5 Å². The summed E-state index contributed by atoms with van der Waals surface area (Å²) in [6, 6.07) is 20.6. The van der Waals surface area contributed by atoms with Crippen LogP contribution in [0.2, 0.25) is 0 Å². The minimum absolute atomic E-state index is 0.00870. The van der Waals surface area contributed by atoms with Gasteiger partial charge in [-0.15, -0.1) is 0 Å². The largest absolute Gasteiger partial charge is 0.395 e. The smallest absolute Gasteiger partial charge is 0.315 e. The van der Waals surface area contributed by atoms with E-state index in [1.54, 1.807) is 12.1 Å². The highest BCUT2D eigenvalue weighted by Crippen LogP contribution is 2.23. The Labute approximate surface area is 565 Å². The predicted molar refractivity (Wildman–Crippen MR) is 390 cm³/mol. The molecule has 2 aromatic rings. The summed E-state index contributed by atoms with van der Waals surface area (Å²) < 4.78 is 5.27. The van der Waals surface area contributed by atoms with Gasteiger partial charge in [0.25, 0.3) is 5.91 Å². The van der Waals surface area contributed by atoms with Crippen LogP contribution in [0, 0.1) is 22.2 Å². The van der Waals surface area contributed by atoms with Crippen molar-refractivity contribution in [2.75, 3.05) is 91.8 Å². The molecule has 0 aromatic heterocycles. The summed E-state index contributed by atoms with van der Waals surface area (Å²) in [6.07, 6.45) is 10.9. The maximum atomic E-state index is 11.4. The van der Waals surface area contributed by atoms with Crippen LogP contribution in [0.4, 0.5) is 4.79 Å². The standard InChI is InChI=1S/C12H18N2O.C11H23NO.C10H13NO.C10H21N.C9H19NO.C8H17N.3C5H11NO/c1-9(2)13-12(15)14-10(3)11-7-5-4-6-8-11;1-11(2,3)9-12-7-5-4-6-10(12)8-13;1-8(2)11-10(12)9-6-4-3-5-7-9;1-10(2,3)9-11-7-5-4-6-8-11;1-9(2,3)8-10-4-6-11-7-5-10;1-8(2)7-9-5-3-4-6-9;3*1-4(2)6-5(3)7/h4-10H,1-3H3,(H2,13,14,15);10,13H,4-9H2,1-3H3;3-8H,1-2H3,(H,11,12);4-9H2,1-3H3;4-8H2,1-3H3;8H,3-7H2,1-2H3;3*4H,1-3H3,(H,6,7). The fourth-order valence-corrected chi connectivity index (χ4v) is 10.3. The van der Waals surface area contributed by atoms with Crippen molar-refractivity contribution in [2.45, 2.75) is 267 Å². The van der Waals surface area contributed by atoms with Gasteiger partial charge in [0.1, 0.15) is 0 Å². The van der Waals surface area contributed by atoms with Crippen molar-refractivity contribution >= 4 is 29.7 Å². The Morgan fingerprint density at radius 1 is 0.457 bits per heavy atom. The summed E-state index contributed by atoms with van der Waals surface area (Å²) in [5.74, 6) is 0.953. The molecule has 6 amide bonds. The summed E-state index contributed by atoms with van der Waals surface area (Å²) in [5, 5.41) is 25.7. The molecule has 2 aromatic carbocycles. The summed E-state index contributed by atoms with van der Waals surface area (Å²) in [6.45, 7) is 66.8. The van der Waals surface area contributed by atoms with Gasteiger partial charge in [-0.05, 0) is 187 Å². The van der Waals surface area contributed by atoms with Crippen LogP contribution in [0.3, 0.4) is 0 Å². The molecule has 6 rings (SSSR count). The Kier molecular flexibility index (Phi) is 52.3. The number of likely N-dealkylation sites (tertiary alicyclic amines) is 3. The lowest BCUT2D eigenvalue weighted by Crippen LogP contribution is -2.45. The molecule has 17 heteroatoms. The first-order valence-corrected chi connectivity index (χ1v) is 35.0. The number of urea groups is 1. The van der Waals surface area contributed by atoms with Crippen LogP contribution in [-0.2, 0) is 19.1 Å². The van der Waals surface area contributed by atoms with Crippen molar-refractivity contribution in [1.82, 2.24) is 51.5 Å². The molecule has 0 radical (unpaired) electrons. The lowest BCUT2D eigenvalue weighted by Gasteiger charge is -2.38. The molecule has 0 saturated carbocycles. The average molecular weight is 1300 g/mol. The van der Waals surface area contributed by atoms with E-state index in [4.69, 9.17) is 4.74 Å². The lowest BCUT2D eigenvalue weighted by atomic mass is 9.93. The van der Waals surface area contributed by atoms with Gasteiger partial charge in [-0.1, -0.05) is 138 Å². The van der Waals surface area contributed by atoms with Crippen LogP contribution in [0.25, 0.3) is 0 Å². The normalized spacial score (nSPS) is 16.5. The molecule has 4 heterocycles. The minimum atomic E-state index is -0.124. The number of hydrogen-bond donors (Lipinski definition) is 7. The Balaban J connectivity index is -0.000000980. The molecule has 0 spiro atoms. The highest BCUT2D eigenvalue weighted by molar-refractivity contribution is 5.94. The minimum Gasteiger partial charge on any atom is -0.395 e. The number of hydrogen-bond acceptors (Lipinski definition) is 11. The third-order valence-electron chi connectivity index (χ3n) is 13.4. The molecule has 0 aliphatic carbocycles. The van der Waals surface area contributed by atoms with Crippen molar-refractivity contribution in [1.29, 1.82) is 0 Å². The number of piperidine rings is 2. The first-order valence-electron chi connectivity index (χ1n) is 35.0. The van der Waals surface area contributed by atoms with E-state index in [-0.39, 0.29) is 65.9 Å². The number of carbonyl (C=O) groups excluding carboxylic acids is 5. The maximum absolute atomic E-state index is 11.4. The number of nitrogens with zero attached hydrogens (tertiary/aromatic N) is 4. The van der Waals surface area contributed by atoms with E-state index in [1.165, 1.54) is 124 Å². The second-order valence-corrected chi connectivity index (χ2v) is 30.6. The monoisotopic (exact) mass is 1300 g/mol. The summed E-state index contributed by atoms with van der Waals surface area (Å²) in [4.78, 5) is 63.3. The highest BCUT2D eigenvalue weighted by atomic mass is 16.5. The molecule has 17 nitrogen and oxygen atoms in total. The Morgan fingerprint density at radius 2 is 0.826 bits per heavy atom. The highest BCUT2D eigenvalue weighted by Gasteiger charge is 2.26. The molecule has 7 N–H and O–H groups in total. The van der Waals surface area contributed by atoms with Crippen molar-refractivity contribution in [3.63, 3.8) is 0 Å². The molecule has 92 heavy (non-hydrogen) atoms. The van der Waals surface area contributed by atoms with Gasteiger partial charge in [0.05, 0.1) is 25.9 Å². The second-order valence-electron chi connectivity index (χ2n) is 30.6. The van der Waals surface area contributed by atoms with E-state index in [9.17, 15) is 29.1 Å². The van der Waals surface area contributed by atoms with E-state index < -0.39 is 0 Å². The first-order chi connectivity index (χ1) is 42.6. The van der Waals surface area contributed by atoms with E-state index in [1.807, 2.05) is 125 Å². The molecule has 4 aliphatic rings. The maximum Gasteiger partial charge on any atom is 0.315 e. The summed E-state index contributed by atoms with van der Waals surface area (Å²) >= 11 is 0. The van der Waals surface area contributed by atoms with Gasteiger partial charge in [-0.25, -0.2) is 4.79 Å². The fourth-order valence-electron chi connectivity index (χ4n) is 10.3. The van der Waals surface area contributed by atoms with Gasteiger partial charge >= 0.3 is 6.03 Å². The number of aliphatic hydroxyl groups is 1.